The Bertz CT molecular complexity index is 532. The van der Waals surface area contributed by atoms with Gasteiger partial charge in [-0.05, 0) is 43.6 Å². The van der Waals surface area contributed by atoms with Crippen molar-refractivity contribution < 1.29 is 4.39 Å². The SMILES string of the molecule is CCN1CCN(CCCCNC(=NC)NCc2cccc(F)c2)CC1.I. The van der Waals surface area contributed by atoms with Crippen LogP contribution in [0.2, 0.25) is 0 Å². The van der Waals surface area contributed by atoms with E-state index in [0.717, 1.165) is 24.5 Å². The third kappa shape index (κ3) is 8.64. The molecule has 1 aliphatic heterocycles. The van der Waals surface area contributed by atoms with Gasteiger partial charge in [-0.1, -0.05) is 19.1 Å². The minimum Gasteiger partial charge on any atom is -0.356 e. The van der Waals surface area contributed by atoms with Crippen LogP contribution in [-0.2, 0) is 6.54 Å². The number of likely N-dealkylation sites (N-methyl/N-ethyl adjacent to an activating group) is 1. The van der Waals surface area contributed by atoms with Crippen LogP contribution >= 0.6 is 24.0 Å². The number of guanidine groups is 1. The number of aliphatic imine (C=N–C) groups is 1. The van der Waals surface area contributed by atoms with Crippen LogP contribution in [0.5, 0.6) is 0 Å². The molecule has 0 saturated carbocycles. The number of nitrogens with one attached hydrogen (secondary N) is 2. The first-order valence-electron chi connectivity index (χ1n) is 9.35. The van der Waals surface area contributed by atoms with Gasteiger partial charge in [-0.2, -0.15) is 0 Å². The second-order valence-corrected chi connectivity index (χ2v) is 6.47. The molecule has 7 heteroatoms. The molecule has 0 bridgehead atoms. The van der Waals surface area contributed by atoms with Gasteiger partial charge in [0, 0.05) is 46.3 Å². The van der Waals surface area contributed by atoms with Gasteiger partial charge in [-0.15, -0.1) is 24.0 Å². The highest BCUT2D eigenvalue weighted by molar-refractivity contribution is 14.0. The molecule has 5 nitrogen and oxygen atoms in total. The van der Waals surface area contributed by atoms with E-state index in [4.69, 9.17) is 0 Å². The molecule has 0 unspecified atom stereocenters. The Morgan fingerprint density at radius 2 is 1.85 bits per heavy atom. The molecule has 1 aromatic rings. The summed E-state index contributed by atoms with van der Waals surface area (Å²) in [7, 11) is 1.76. The molecule has 0 spiro atoms. The fourth-order valence-corrected chi connectivity index (χ4v) is 3.05. The monoisotopic (exact) mass is 477 g/mol. The third-order valence-electron chi connectivity index (χ3n) is 4.68. The van der Waals surface area contributed by atoms with Crippen molar-refractivity contribution >= 4 is 29.9 Å². The number of benzene rings is 1. The molecular weight excluding hydrogens is 444 g/mol. The summed E-state index contributed by atoms with van der Waals surface area (Å²) < 4.78 is 13.2. The van der Waals surface area contributed by atoms with Crippen LogP contribution < -0.4 is 10.6 Å². The van der Waals surface area contributed by atoms with Crippen molar-refractivity contribution in [2.45, 2.75) is 26.3 Å². The van der Waals surface area contributed by atoms with E-state index in [0.29, 0.717) is 6.54 Å². The van der Waals surface area contributed by atoms with E-state index < -0.39 is 0 Å². The molecule has 148 valence electrons. The quantitative estimate of drug-likeness (QED) is 0.262. The van der Waals surface area contributed by atoms with Crippen LogP contribution in [-0.4, -0.2) is 68.6 Å². The number of hydrogen-bond donors (Lipinski definition) is 2. The first-order chi connectivity index (χ1) is 12.2. The number of piperazine rings is 1. The Morgan fingerprint density at radius 1 is 1.12 bits per heavy atom. The largest absolute Gasteiger partial charge is 0.356 e. The van der Waals surface area contributed by atoms with Gasteiger partial charge in [0.05, 0.1) is 0 Å². The van der Waals surface area contributed by atoms with Crippen LogP contribution in [0.15, 0.2) is 29.3 Å². The molecule has 0 amide bonds. The Balaban J connectivity index is 0.00000338. The normalized spacial score (nSPS) is 16.2. The van der Waals surface area contributed by atoms with Crippen LogP contribution in [0.3, 0.4) is 0 Å². The zero-order valence-electron chi connectivity index (χ0n) is 16.0. The lowest BCUT2D eigenvalue weighted by molar-refractivity contribution is 0.136. The molecule has 0 radical (unpaired) electrons. The summed E-state index contributed by atoms with van der Waals surface area (Å²) in [4.78, 5) is 9.28. The molecule has 1 saturated heterocycles. The van der Waals surface area contributed by atoms with E-state index in [1.54, 1.807) is 19.2 Å². The van der Waals surface area contributed by atoms with Crippen molar-refractivity contribution in [3.05, 3.63) is 35.6 Å². The summed E-state index contributed by atoms with van der Waals surface area (Å²) in [5, 5.41) is 6.55. The highest BCUT2D eigenvalue weighted by atomic mass is 127. The van der Waals surface area contributed by atoms with E-state index in [1.807, 2.05) is 6.07 Å². The van der Waals surface area contributed by atoms with Gasteiger partial charge in [-0.25, -0.2) is 4.39 Å². The number of halogens is 2. The average molecular weight is 477 g/mol. The summed E-state index contributed by atoms with van der Waals surface area (Å²) in [6.45, 7) is 10.8. The molecule has 1 fully saturated rings. The predicted molar refractivity (Wildman–Crippen MR) is 118 cm³/mol. The lowest BCUT2D eigenvalue weighted by Crippen LogP contribution is -2.46. The third-order valence-corrected chi connectivity index (χ3v) is 4.68. The van der Waals surface area contributed by atoms with E-state index in [1.165, 1.54) is 51.8 Å². The molecule has 0 aliphatic carbocycles. The molecule has 2 rings (SSSR count). The minimum absolute atomic E-state index is 0. The first kappa shape index (κ1) is 23.1. The van der Waals surface area contributed by atoms with Crippen molar-refractivity contribution in [1.82, 2.24) is 20.4 Å². The lowest BCUT2D eigenvalue weighted by Gasteiger charge is -2.34. The molecule has 2 N–H and O–H groups in total. The van der Waals surface area contributed by atoms with Gasteiger partial charge in [0.2, 0.25) is 0 Å². The van der Waals surface area contributed by atoms with Gasteiger partial charge in [0.25, 0.3) is 0 Å². The number of hydrogen-bond acceptors (Lipinski definition) is 3. The van der Waals surface area contributed by atoms with Gasteiger partial charge >= 0.3 is 0 Å². The summed E-state index contributed by atoms with van der Waals surface area (Å²) in [5.74, 6) is 0.558. The Hall–Kier alpha value is -0.930. The van der Waals surface area contributed by atoms with E-state index in [2.05, 4.69) is 32.3 Å². The Morgan fingerprint density at radius 3 is 2.50 bits per heavy atom. The van der Waals surface area contributed by atoms with Crippen LogP contribution in [0, 0.1) is 5.82 Å². The highest BCUT2D eigenvalue weighted by Gasteiger charge is 2.14. The second-order valence-electron chi connectivity index (χ2n) is 6.47. The summed E-state index contributed by atoms with van der Waals surface area (Å²) in [6, 6.07) is 6.63. The average Bonchev–Trinajstić information content (AvgIpc) is 2.64. The van der Waals surface area contributed by atoms with Gasteiger partial charge in [0.15, 0.2) is 5.96 Å². The van der Waals surface area contributed by atoms with Crippen LogP contribution in [0.4, 0.5) is 4.39 Å². The van der Waals surface area contributed by atoms with E-state index in [-0.39, 0.29) is 29.8 Å². The molecule has 0 aromatic heterocycles. The topological polar surface area (TPSA) is 42.9 Å². The zero-order chi connectivity index (χ0) is 17.9. The molecule has 26 heavy (non-hydrogen) atoms. The van der Waals surface area contributed by atoms with Gasteiger partial charge < -0.3 is 20.4 Å². The van der Waals surface area contributed by atoms with Crippen LogP contribution in [0.1, 0.15) is 25.3 Å². The second kappa shape index (κ2) is 13.3. The molecular formula is C19H33FIN5. The van der Waals surface area contributed by atoms with Crippen LogP contribution in [0.25, 0.3) is 0 Å². The maximum atomic E-state index is 13.2. The van der Waals surface area contributed by atoms with Crippen molar-refractivity contribution in [2.24, 2.45) is 4.99 Å². The Labute approximate surface area is 174 Å². The zero-order valence-corrected chi connectivity index (χ0v) is 18.3. The van der Waals surface area contributed by atoms with Crippen molar-refractivity contribution in [3.63, 3.8) is 0 Å². The van der Waals surface area contributed by atoms with E-state index in [9.17, 15) is 4.39 Å². The minimum atomic E-state index is -0.206. The summed E-state index contributed by atoms with van der Waals surface area (Å²) in [5.41, 5.74) is 0.911. The molecule has 1 aliphatic rings. The molecule has 1 heterocycles. The fraction of sp³-hybridized carbons (Fsp3) is 0.632. The molecule has 0 atom stereocenters. The fourth-order valence-electron chi connectivity index (χ4n) is 3.05. The maximum Gasteiger partial charge on any atom is 0.191 e. The van der Waals surface area contributed by atoms with Crippen molar-refractivity contribution in [3.8, 4) is 0 Å². The Kier molecular flexibility index (Phi) is 11.8. The highest BCUT2D eigenvalue weighted by Crippen LogP contribution is 2.04. The van der Waals surface area contributed by atoms with Crippen molar-refractivity contribution in [1.29, 1.82) is 0 Å². The maximum absolute atomic E-state index is 13.2. The first-order valence-corrected chi connectivity index (χ1v) is 9.35. The number of nitrogens with zero attached hydrogens (tertiary/aromatic N) is 3. The standard InChI is InChI=1S/C19H32FN5.HI/c1-3-24-11-13-25(14-12-24)10-5-4-9-22-19(21-2)23-16-17-7-6-8-18(20)15-17;/h6-8,15H,3-5,9-14,16H2,1-2H3,(H2,21,22,23);1H. The smallest absolute Gasteiger partial charge is 0.191 e. The van der Waals surface area contributed by atoms with Crippen molar-refractivity contribution in [2.75, 3.05) is 52.9 Å². The number of rotatable bonds is 8. The molecule has 1 aromatic carbocycles. The predicted octanol–water partition coefficient (Wildman–Crippen LogP) is 2.53. The van der Waals surface area contributed by atoms with Gasteiger partial charge in [-0.3, -0.25) is 4.99 Å². The number of unbranched alkanes of at least 4 members (excludes halogenated alkanes) is 1. The summed E-state index contributed by atoms with van der Waals surface area (Å²) >= 11 is 0. The van der Waals surface area contributed by atoms with E-state index >= 15 is 0 Å². The van der Waals surface area contributed by atoms with Gasteiger partial charge in [0.1, 0.15) is 5.82 Å². The lowest BCUT2D eigenvalue weighted by atomic mass is 10.2. The summed E-state index contributed by atoms with van der Waals surface area (Å²) in [6.07, 6.45) is 2.31.